The number of unbranched alkanes of at least 4 members (excludes halogenated alkanes) is 9. The van der Waals surface area contributed by atoms with Crippen LogP contribution in [0.5, 0.6) is 5.75 Å². The van der Waals surface area contributed by atoms with Gasteiger partial charge >= 0.3 is 11.9 Å². The topological polar surface area (TPSA) is 115 Å². The molecule has 0 bridgehead atoms. The van der Waals surface area contributed by atoms with E-state index in [1.807, 2.05) is 36.4 Å². The fourth-order valence-electron chi connectivity index (χ4n) is 4.81. The molecule has 0 radical (unpaired) electrons. The highest BCUT2D eigenvalue weighted by molar-refractivity contribution is 5.91. The maximum atomic E-state index is 12.3. The van der Waals surface area contributed by atoms with E-state index < -0.39 is 24.6 Å². The van der Waals surface area contributed by atoms with E-state index >= 15 is 0 Å². The van der Waals surface area contributed by atoms with E-state index in [9.17, 15) is 19.8 Å². The van der Waals surface area contributed by atoms with Gasteiger partial charge in [-0.3, -0.25) is 4.79 Å². The molecule has 3 aromatic rings. The molecule has 2 aromatic carbocycles. The highest BCUT2D eigenvalue weighted by Gasteiger charge is 2.33. The molecule has 0 saturated heterocycles. The van der Waals surface area contributed by atoms with E-state index in [4.69, 9.17) is 18.6 Å². The van der Waals surface area contributed by atoms with Gasteiger partial charge in [0.25, 0.3) is 0 Å². The van der Waals surface area contributed by atoms with Gasteiger partial charge in [0.15, 0.2) is 0 Å². The summed E-state index contributed by atoms with van der Waals surface area (Å²) in [4.78, 5) is 24.2. The Labute approximate surface area is 268 Å². The van der Waals surface area contributed by atoms with Crippen LogP contribution in [0.25, 0.3) is 22.3 Å². The zero-order chi connectivity index (χ0) is 32.5. The minimum Gasteiger partial charge on any atom is -0.493 e. The summed E-state index contributed by atoms with van der Waals surface area (Å²) in [5.41, 5.74) is 0.975. The number of ether oxygens (including phenoxy) is 3. The van der Waals surface area contributed by atoms with Gasteiger partial charge in [-0.2, -0.15) is 0 Å². The molecular formula is C37H52O8. The summed E-state index contributed by atoms with van der Waals surface area (Å²) in [6.45, 7) is 6.22. The average Bonchev–Trinajstić information content (AvgIpc) is 3.52. The molecule has 0 fully saturated rings. The molecule has 1 aromatic heterocycles. The highest BCUT2D eigenvalue weighted by Crippen LogP contribution is 2.34. The van der Waals surface area contributed by atoms with Crippen LogP contribution in [0.2, 0.25) is 0 Å². The van der Waals surface area contributed by atoms with E-state index in [1.54, 1.807) is 12.1 Å². The summed E-state index contributed by atoms with van der Waals surface area (Å²) in [6.07, 6.45) is 12.0. The molecule has 0 saturated carbocycles. The minimum absolute atomic E-state index is 0.305. The number of carbonyl (C=O) groups is 2. The number of hydrogen-bond donors (Lipinski definition) is 2. The lowest BCUT2D eigenvalue weighted by Gasteiger charge is -2.22. The number of esters is 2. The number of fused-ring (bicyclic) bond motifs is 1. The zero-order valence-electron chi connectivity index (χ0n) is 27.4. The van der Waals surface area contributed by atoms with E-state index in [0.29, 0.717) is 31.3 Å². The second-order valence-corrected chi connectivity index (χ2v) is 12.4. The van der Waals surface area contributed by atoms with E-state index in [0.717, 1.165) is 66.6 Å². The number of aliphatic hydroxyl groups excluding tert-OH is 2. The molecule has 1 unspecified atom stereocenters. The van der Waals surface area contributed by atoms with Crippen molar-refractivity contribution in [1.82, 2.24) is 0 Å². The third-order valence-corrected chi connectivity index (χ3v) is 8.34. The summed E-state index contributed by atoms with van der Waals surface area (Å²) in [7, 11) is 0. The lowest BCUT2D eigenvalue weighted by molar-refractivity contribution is -0.160. The Morgan fingerprint density at radius 1 is 0.822 bits per heavy atom. The van der Waals surface area contributed by atoms with Crippen LogP contribution in [0.15, 0.2) is 52.9 Å². The summed E-state index contributed by atoms with van der Waals surface area (Å²) < 4.78 is 22.8. The third-order valence-electron chi connectivity index (χ3n) is 8.34. The summed E-state index contributed by atoms with van der Waals surface area (Å²) in [6, 6.07) is 15.2. The molecule has 2 N–H and O–H groups in total. The Morgan fingerprint density at radius 2 is 1.42 bits per heavy atom. The van der Waals surface area contributed by atoms with Crippen molar-refractivity contribution in [3.8, 4) is 17.1 Å². The third kappa shape index (κ3) is 11.5. The van der Waals surface area contributed by atoms with Gasteiger partial charge in [0.05, 0.1) is 44.0 Å². The van der Waals surface area contributed by atoms with Crippen LogP contribution in [0.1, 0.15) is 102 Å². The zero-order valence-corrected chi connectivity index (χ0v) is 27.4. The first-order valence-electron chi connectivity index (χ1n) is 16.6. The molecule has 8 nitrogen and oxygen atoms in total. The first kappa shape index (κ1) is 36.1. The molecule has 248 valence electrons. The quantitative estimate of drug-likeness (QED) is 0.0851. The van der Waals surface area contributed by atoms with Gasteiger partial charge in [-0.15, -0.1) is 0 Å². The van der Waals surface area contributed by atoms with Crippen LogP contribution in [-0.2, 0) is 14.3 Å². The van der Waals surface area contributed by atoms with Crippen molar-refractivity contribution in [3.05, 3.63) is 54.1 Å². The SMILES string of the molecule is CCC(C)COC(=O)c1ccc(-c2cc3c(OCCCCCCCCCCCCOC(=O)C(C)(CO)CO)cccc3o2)cc1. The van der Waals surface area contributed by atoms with Crippen molar-refractivity contribution in [2.75, 3.05) is 33.0 Å². The molecule has 0 aliphatic rings. The fraction of sp³-hybridized carbons (Fsp3) is 0.568. The van der Waals surface area contributed by atoms with Crippen LogP contribution in [0.4, 0.5) is 0 Å². The molecule has 8 heteroatoms. The van der Waals surface area contributed by atoms with Crippen molar-refractivity contribution in [2.24, 2.45) is 11.3 Å². The lowest BCUT2D eigenvalue weighted by atomic mass is 9.93. The second kappa shape index (κ2) is 19.2. The maximum Gasteiger partial charge on any atom is 0.338 e. The molecule has 0 aliphatic heterocycles. The minimum atomic E-state index is -1.22. The molecule has 0 aliphatic carbocycles. The fourth-order valence-corrected chi connectivity index (χ4v) is 4.81. The van der Waals surface area contributed by atoms with Crippen molar-refractivity contribution < 1.29 is 38.4 Å². The first-order valence-corrected chi connectivity index (χ1v) is 16.6. The van der Waals surface area contributed by atoms with Crippen LogP contribution in [0, 0.1) is 11.3 Å². The lowest BCUT2D eigenvalue weighted by Crippen LogP contribution is -2.37. The number of carbonyl (C=O) groups excluding carboxylic acids is 2. The molecule has 3 rings (SSSR count). The maximum absolute atomic E-state index is 12.3. The van der Waals surface area contributed by atoms with E-state index in [-0.39, 0.29) is 5.97 Å². The molecule has 0 amide bonds. The summed E-state index contributed by atoms with van der Waals surface area (Å²) in [5.74, 6) is 1.05. The Morgan fingerprint density at radius 3 is 2.02 bits per heavy atom. The van der Waals surface area contributed by atoms with Crippen molar-refractivity contribution >= 4 is 22.9 Å². The van der Waals surface area contributed by atoms with Crippen molar-refractivity contribution in [2.45, 2.75) is 91.4 Å². The standard InChI is InChI=1S/C37H52O8/c1-4-28(2)25-44-35(40)30-20-18-29(19-21-30)34-24-31-32(16-15-17-33(31)45-34)42-22-13-11-9-7-5-6-8-10-12-14-23-43-36(41)37(3,26-38)27-39/h15-21,24,28,38-39H,4-14,22-23,25-27H2,1-3H3. The smallest absolute Gasteiger partial charge is 0.338 e. The van der Waals surface area contributed by atoms with Crippen molar-refractivity contribution in [3.63, 3.8) is 0 Å². The normalized spacial score (nSPS) is 12.3. The number of hydrogen-bond acceptors (Lipinski definition) is 8. The molecular weight excluding hydrogens is 572 g/mol. The van der Waals surface area contributed by atoms with Crippen molar-refractivity contribution in [1.29, 1.82) is 0 Å². The number of benzene rings is 2. The largest absolute Gasteiger partial charge is 0.493 e. The Kier molecular flexibility index (Phi) is 15.4. The molecule has 1 atom stereocenters. The Hall–Kier alpha value is -3.36. The van der Waals surface area contributed by atoms with Gasteiger partial charge in [0.2, 0.25) is 0 Å². The number of furan rings is 1. The molecule has 1 heterocycles. The van der Waals surface area contributed by atoms with Crippen LogP contribution < -0.4 is 4.74 Å². The predicted molar refractivity (Wildman–Crippen MR) is 176 cm³/mol. The second-order valence-electron chi connectivity index (χ2n) is 12.4. The van der Waals surface area contributed by atoms with Crippen LogP contribution in [0.3, 0.4) is 0 Å². The van der Waals surface area contributed by atoms with Gasteiger partial charge in [-0.05, 0) is 56.0 Å². The predicted octanol–water partition coefficient (Wildman–Crippen LogP) is 8.12. The van der Waals surface area contributed by atoms with Gasteiger partial charge in [-0.1, -0.05) is 89.8 Å². The monoisotopic (exact) mass is 624 g/mol. The molecule has 45 heavy (non-hydrogen) atoms. The van der Waals surface area contributed by atoms with E-state index in [1.165, 1.54) is 39.0 Å². The van der Waals surface area contributed by atoms with Gasteiger partial charge in [0.1, 0.15) is 22.5 Å². The van der Waals surface area contributed by atoms with Crippen LogP contribution >= 0.6 is 0 Å². The first-order chi connectivity index (χ1) is 21.8. The summed E-state index contributed by atoms with van der Waals surface area (Å²) in [5, 5.41) is 19.4. The number of rotatable bonds is 22. The Bertz CT molecular complexity index is 1290. The van der Waals surface area contributed by atoms with Gasteiger partial charge < -0.3 is 28.8 Å². The van der Waals surface area contributed by atoms with Gasteiger partial charge in [-0.25, -0.2) is 4.79 Å². The average molecular weight is 625 g/mol. The molecule has 0 spiro atoms. The van der Waals surface area contributed by atoms with Crippen LogP contribution in [-0.4, -0.2) is 55.2 Å². The summed E-state index contributed by atoms with van der Waals surface area (Å²) >= 11 is 0. The van der Waals surface area contributed by atoms with Gasteiger partial charge in [0, 0.05) is 5.56 Å². The highest BCUT2D eigenvalue weighted by atomic mass is 16.5. The number of aliphatic hydroxyl groups is 2. The Balaban J connectivity index is 1.28. The van der Waals surface area contributed by atoms with E-state index in [2.05, 4.69) is 13.8 Å².